The number of rotatable bonds is 8. The molecule has 1 saturated heterocycles. The molecule has 0 atom stereocenters. The summed E-state index contributed by atoms with van der Waals surface area (Å²) in [4.78, 5) is 34.0. The first kappa shape index (κ1) is 23.1. The van der Waals surface area contributed by atoms with E-state index in [1.54, 1.807) is 28.4 Å². The normalized spacial score (nSPS) is 14.6. The minimum Gasteiger partial charge on any atom is -0.339 e. The maximum Gasteiger partial charge on any atom is 0.238 e. The van der Waals surface area contributed by atoms with Crippen LogP contribution in [0, 0.1) is 5.82 Å². The molecule has 33 heavy (non-hydrogen) atoms. The molecule has 1 fully saturated rings. The molecule has 0 spiro atoms. The Balaban J connectivity index is 1.17. The predicted molar refractivity (Wildman–Crippen MR) is 128 cm³/mol. The third kappa shape index (κ3) is 6.98. The van der Waals surface area contributed by atoms with Crippen molar-refractivity contribution in [2.45, 2.75) is 5.16 Å². The van der Waals surface area contributed by atoms with Crippen LogP contribution >= 0.6 is 23.1 Å². The summed E-state index contributed by atoms with van der Waals surface area (Å²) in [5.41, 5.74) is 0.433. The molecule has 1 aliphatic rings. The number of piperazine rings is 1. The summed E-state index contributed by atoms with van der Waals surface area (Å²) in [5, 5.41) is 12.2. The van der Waals surface area contributed by atoms with E-state index in [2.05, 4.69) is 20.5 Å². The standard InChI is InChI=1S/C22H23FN6O2S2/c23-16-3-1-4-17(13-16)24-20(30)14-28-8-10-29(11-9-28)21(31)15-33-22-25-19(26-27-22)7-6-18-5-2-12-32-18/h1-7,12-13H,8-11,14-15H2,(H,24,30)(H,25,26,27)/b7-6+. The van der Waals surface area contributed by atoms with E-state index in [-0.39, 0.29) is 24.1 Å². The van der Waals surface area contributed by atoms with Crippen molar-refractivity contribution >= 4 is 52.8 Å². The average Bonchev–Trinajstić information content (AvgIpc) is 3.48. The Kier molecular flexibility index (Phi) is 7.87. The molecule has 0 aliphatic carbocycles. The Morgan fingerprint density at radius 1 is 1.18 bits per heavy atom. The van der Waals surface area contributed by atoms with E-state index in [1.807, 2.05) is 34.6 Å². The number of thioether (sulfide) groups is 1. The molecule has 11 heteroatoms. The van der Waals surface area contributed by atoms with Gasteiger partial charge in [0.1, 0.15) is 11.6 Å². The summed E-state index contributed by atoms with van der Waals surface area (Å²) in [5.74, 6) is 0.317. The fraction of sp³-hybridized carbons (Fsp3) is 0.273. The predicted octanol–water partition coefficient (Wildman–Crippen LogP) is 3.05. The highest BCUT2D eigenvalue weighted by molar-refractivity contribution is 7.99. The number of aromatic nitrogens is 3. The molecule has 1 aromatic carbocycles. The first-order valence-electron chi connectivity index (χ1n) is 10.4. The third-order valence-corrected chi connectivity index (χ3v) is 6.63. The minimum absolute atomic E-state index is 0.0179. The van der Waals surface area contributed by atoms with Gasteiger partial charge in [-0.15, -0.1) is 16.4 Å². The van der Waals surface area contributed by atoms with Gasteiger partial charge in [-0.3, -0.25) is 19.6 Å². The molecule has 2 N–H and O–H groups in total. The van der Waals surface area contributed by atoms with Gasteiger partial charge >= 0.3 is 0 Å². The van der Waals surface area contributed by atoms with Gasteiger partial charge in [-0.2, -0.15) is 0 Å². The minimum atomic E-state index is -0.395. The lowest BCUT2D eigenvalue weighted by Gasteiger charge is -2.34. The number of halogens is 1. The Labute approximate surface area is 198 Å². The molecule has 2 aromatic heterocycles. The number of hydrogen-bond acceptors (Lipinski definition) is 7. The molecule has 3 aromatic rings. The number of amides is 2. The van der Waals surface area contributed by atoms with E-state index in [9.17, 15) is 14.0 Å². The second-order valence-corrected chi connectivity index (χ2v) is 9.28. The number of H-pyrrole nitrogens is 1. The summed E-state index contributed by atoms with van der Waals surface area (Å²) in [6, 6.07) is 9.81. The van der Waals surface area contributed by atoms with Crippen LogP contribution in [-0.2, 0) is 9.59 Å². The monoisotopic (exact) mass is 486 g/mol. The molecule has 0 radical (unpaired) electrons. The molecule has 4 rings (SSSR count). The van der Waals surface area contributed by atoms with Crippen LogP contribution in [0.4, 0.5) is 10.1 Å². The molecule has 172 valence electrons. The van der Waals surface area contributed by atoms with Crippen molar-refractivity contribution in [1.29, 1.82) is 0 Å². The molecule has 0 saturated carbocycles. The van der Waals surface area contributed by atoms with Gasteiger partial charge < -0.3 is 10.2 Å². The molecule has 0 bridgehead atoms. The van der Waals surface area contributed by atoms with Crippen molar-refractivity contribution in [2.75, 3.05) is 43.8 Å². The average molecular weight is 487 g/mol. The zero-order valence-corrected chi connectivity index (χ0v) is 19.4. The second kappa shape index (κ2) is 11.2. The number of nitrogens with one attached hydrogen (secondary N) is 2. The number of nitrogens with zero attached hydrogens (tertiary/aromatic N) is 4. The van der Waals surface area contributed by atoms with Gasteiger partial charge in [0, 0.05) is 36.7 Å². The lowest BCUT2D eigenvalue weighted by atomic mass is 10.3. The van der Waals surface area contributed by atoms with Crippen molar-refractivity contribution in [1.82, 2.24) is 25.0 Å². The molecular formula is C22H23FN6O2S2. The van der Waals surface area contributed by atoms with Crippen molar-refractivity contribution in [3.63, 3.8) is 0 Å². The van der Waals surface area contributed by atoms with Crippen LogP contribution in [0.3, 0.4) is 0 Å². The Bertz CT molecular complexity index is 1110. The summed E-state index contributed by atoms with van der Waals surface area (Å²) < 4.78 is 13.2. The molecule has 3 heterocycles. The van der Waals surface area contributed by atoms with Crippen LogP contribution in [0.15, 0.2) is 46.9 Å². The molecular weight excluding hydrogens is 463 g/mol. The van der Waals surface area contributed by atoms with E-state index in [4.69, 9.17) is 0 Å². The van der Waals surface area contributed by atoms with Gasteiger partial charge in [0.25, 0.3) is 0 Å². The third-order valence-electron chi connectivity index (χ3n) is 4.96. The number of anilines is 1. The molecule has 2 amide bonds. The SMILES string of the molecule is O=C(CN1CCN(C(=O)CSc2n[nH]c(/C=C/c3cccs3)n2)CC1)Nc1cccc(F)c1. The lowest BCUT2D eigenvalue weighted by molar-refractivity contribution is -0.130. The van der Waals surface area contributed by atoms with Gasteiger partial charge in [-0.05, 0) is 41.8 Å². The molecule has 0 unspecified atom stereocenters. The Hall–Kier alpha value is -3.02. The highest BCUT2D eigenvalue weighted by Crippen LogP contribution is 2.16. The summed E-state index contributed by atoms with van der Waals surface area (Å²) in [6.07, 6.45) is 3.82. The van der Waals surface area contributed by atoms with Crippen molar-refractivity contribution in [2.24, 2.45) is 0 Å². The smallest absolute Gasteiger partial charge is 0.238 e. The van der Waals surface area contributed by atoms with Crippen LogP contribution in [-0.4, -0.2) is 75.3 Å². The quantitative estimate of drug-likeness (QED) is 0.476. The first-order chi connectivity index (χ1) is 16.0. The zero-order valence-electron chi connectivity index (χ0n) is 17.7. The van der Waals surface area contributed by atoms with Crippen LogP contribution < -0.4 is 5.32 Å². The summed E-state index contributed by atoms with van der Waals surface area (Å²) in [7, 11) is 0. The zero-order chi connectivity index (χ0) is 23.0. The lowest BCUT2D eigenvalue weighted by Crippen LogP contribution is -2.50. The van der Waals surface area contributed by atoms with Crippen LogP contribution in [0.5, 0.6) is 0 Å². The van der Waals surface area contributed by atoms with Crippen molar-refractivity contribution in [3.8, 4) is 0 Å². The summed E-state index contributed by atoms with van der Waals surface area (Å²) in [6.45, 7) is 2.51. The number of thiophene rings is 1. The van der Waals surface area contributed by atoms with Crippen molar-refractivity contribution < 1.29 is 14.0 Å². The van der Waals surface area contributed by atoms with Gasteiger partial charge in [-0.1, -0.05) is 23.9 Å². The second-order valence-electron chi connectivity index (χ2n) is 7.36. The first-order valence-corrected chi connectivity index (χ1v) is 12.2. The largest absolute Gasteiger partial charge is 0.339 e. The van der Waals surface area contributed by atoms with E-state index < -0.39 is 5.82 Å². The van der Waals surface area contributed by atoms with Crippen LogP contribution in [0.25, 0.3) is 12.2 Å². The van der Waals surface area contributed by atoms with Gasteiger partial charge in [0.05, 0.1) is 12.3 Å². The van der Waals surface area contributed by atoms with Gasteiger partial charge in [-0.25, -0.2) is 9.37 Å². The number of aromatic amines is 1. The van der Waals surface area contributed by atoms with E-state index in [1.165, 1.54) is 23.9 Å². The van der Waals surface area contributed by atoms with Gasteiger partial charge in [0.2, 0.25) is 17.0 Å². The van der Waals surface area contributed by atoms with Gasteiger partial charge in [0.15, 0.2) is 0 Å². The van der Waals surface area contributed by atoms with Crippen molar-refractivity contribution in [3.05, 3.63) is 58.3 Å². The fourth-order valence-electron chi connectivity index (χ4n) is 3.29. The van der Waals surface area contributed by atoms with Crippen LogP contribution in [0.2, 0.25) is 0 Å². The number of carbonyl (C=O) groups is 2. The summed E-state index contributed by atoms with van der Waals surface area (Å²) >= 11 is 2.94. The molecule has 8 nitrogen and oxygen atoms in total. The highest BCUT2D eigenvalue weighted by Gasteiger charge is 2.23. The Morgan fingerprint density at radius 2 is 2.03 bits per heavy atom. The van der Waals surface area contributed by atoms with E-state index in [0.717, 1.165) is 4.88 Å². The number of hydrogen-bond donors (Lipinski definition) is 2. The van der Waals surface area contributed by atoms with E-state index >= 15 is 0 Å². The van der Waals surface area contributed by atoms with Crippen LogP contribution in [0.1, 0.15) is 10.7 Å². The number of benzene rings is 1. The number of carbonyl (C=O) groups excluding carboxylic acids is 2. The fourth-order valence-corrected chi connectivity index (χ4v) is 4.61. The maximum atomic E-state index is 13.2. The van der Waals surface area contributed by atoms with E-state index in [0.29, 0.717) is 42.8 Å². The highest BCUT2D eigenvalue weighted by atomic mass is 32.2. The maximum absolute atomic E-state index is 13.2. The topological polar surface area (TPSA) is 94.2 Å². The molecule has 1 aliphatic heterocycles. The Morgan fingerprint density at radius 3 is 2.79 bits per heavy atom.